The topological polar surface area (TPSA) is 92.5 Å². The fourth-order valence-electron chi connectivity index (χ4n) is 3.38. The fraction of sp³-hybridized carbons (Fsp3) is 0.765. The predicted molar refractivity (Wildman–Crippen MR) is 95.8 cm³/mol. The Morgan fingerprint density at radius 2 is 2.04 bits per heavy atom. The number of sulfone groups is 1. The summed E-state index contributed by atoms with van der Waals surface area (Å²) < 4.78 is 29.1. The van der Waals surface area contributed by atoms with Crippen LogP contribution < -0.4 is 5.32 Å². The maximum Gasteiger partial charge on any atom is 0.235 e. The molecule has 2 heterocycles. The molecule has 0 saturated carbocycles. The van der Waals surface area contributed by atoms with Gasteiger partial charge >= 0.3 is 0 Å². The minimum absolute atomic E-state index is 0.272. The molecular weight excluding hydrogens is 342 g/mol. The molecule has 0 spiro atoms. The van der Waals surface area contributed by atoms with Gasteiger partial charge in [0, 0.05) is 25.2 Å². The van der Waals surface area contributed by atoms with Crippen molar-refractivity contribution < 1.29 is 17.6 Å². The summed E-state index contributed by atoms with van der Waals surface area (Å²) in [6.07, 6.45) is 5.75. The van der Waals surface area contributed by atoms with Crippen LogP contribution in [0.15, 0.2) is 10.8 Å². The van der Waals surface area contributed by atoms with E-state index in [-0.39, 0.29) is 5.75 Å². The molecule has 1 saturated heterocycles. The number of aromatic nitrogens is 1. The van der Waals surface area contributed by atoms with E-state index in [1.165, 1.54) is 25.7 Å². The quantitative estimate of drug-likeness (QED) is 0.699. The lowest BCUT2D eigenvalue weighted by Crippen LogP contribution is -2.45. The lowest BCUT2D eigenvalue weighted by atomic mass is 9.97. The van der Waals surface area contributed by atoms with Crippen LogP contribution in [0.2, 0.25) is 0 Å². The average molecular weight is 372 g/mol. The van der Waals surface area contributed by atoms with Crippen LogP contribution in [-0.4, -0.2) is 55.1 Å². The molecule has 1 aliphatic rings. The van der Waals surface area contributed by atoms with Crippen molar-refractivity contribution in [1.29, 1.82) is 0 Å². The van der Waals surface area contributed by atoms with Gasteiger partial charge < -0.3 is 9.73 Å². The smallest absolute Gasteiger partial charge is 0.235 e. The van der Waals surface area contributed by atoms with E-state index < -0.39 is 21.5 Å². The van der Waals surface area contributed by atoms with Gasteiger partial charge in [0.15, 0.2) is 16.2 Å². The molecular formula is C17H29N3O4S. The Morgan fingerprint density at radius 3 is 2.64 bits per heavy atom. The van der Waals surface area contributed by atoms with Crippen LogP contribution in [0.4, 0.5) is 0 Å². The molecule has 7 nitrogen and oxygen atoms in total. The van der Waals surface area contributed by atoms with E-state index in [0.29, 0.717) is 30.1 Å². The first-order chi connectivity index (χ1) is 11.8. The van der Waals surface area contributed by atoms with Crippen LogP contribution in [0.1, 0.15) is 51.0 Å². The van der Waals surface area contributed by atoms with Crippen molar-refractivity contribution in [1.82, 2.24) is 15.2 Å². The number of nitrogens with one attached hydrogen (secondary N) is 1. The fourth-order valence-corrected chi connectivity index (χ4v) is 4.68. The summed E-state index contributed by atoms with van der Waals surface area (Å²) in [7, 11) is -3.55. The normalized spacial score (nSPS) is 22.0. The van der Waals surface area contributed by atoms with E-state index >= 15 is 0 Å². The number of piperidine rings is 1. The van der Waals surface area contributed by atoms with Crippen LogP contribution in [-0.2, 0) is 20.4 Å². The van der Waals surface area contributed by atoms with E-state index in [1.54, 1.807) is 6.92 Å². The van der Waals surface area contributed by atoms with Crippen molar-refractivity contribution in [2.75, 3.05) is 18.8 Å². The first-order valence-corrected chi connectivity index (χ1v) is 10.7. The van der Waals surface area contributed by atoms with Gasteiger partial charge in [0.1, 0.15) is 11.5 Å². The molecule has 25 heavy (non-hydrogen) atoms. The molecule has 0 bridgehead atoms. The first-order valence-electron chi connectivity index (χ1n) is 8.90. The van der Waals surface area contributed by atoms with E-state index in [2.05, 4.69) is 29.0 Å². The third-order valence-corrected chi connectivity index (χ3v) is 6.26. The van der Waals surface area contributed by atoms with Crippen molar-refractivity contribution in [3.8, 4) is 0 Å². The molecule has 1 aliphatic heterocycles. The van der Waals surface area contributed by atoms with Gasteiger partial charge in [-0.2, -0.15) is 0 Å². The highest BCUT2D eigenvalue weighted by molar-refractivity contribution is 7.91. The number of hydrogen-bond donors (Lipinski definition) is 1. The standard InChI is InChI=1S/C17H29N3O4S/c1-13-6-4-7-14(2)20(13)9-5-8-18-17(21)11-25(22,23)10-16-15(3)24-12-19-16/h12-14H,4-11H2,1-3H3,(H,18,21). The van der Waals surface area contributed by atoms with Crippen molar-refractivity contribution in [2.24, 2.45) is 0 Å². The zero-order chi connectivity index (χ0) is 18.4. The summed E-state index contributed by atoms with van der Waals surface area (Å²) in [4.78, 5) is 18.2. The number of nitrogens with zero attached hydrogens (tertiary/aromatic N) is 2. The molecule has 2 unspecified atom stereocenters. The summed E-state index contributed by atoms with van der Waals surface area (Å²) in [6, 6.07) is 1.15. The van der Waals surface area contributed by atoms with Gasteiger partial charge in [-0.1, -0.05) is 6.42 Å². The monoisotopic (exact) mass is 371 g/mol. The number of aryl methyl sites for hydroxylation is 1. The third-order valence-electron chi connectivity index (χ3n) is 4.84. The second-order valence-electron chi connectivity index (χ2n) is 6.96. The first kappa shape index (κ1) is 19.9. The number of amides is 1. The second-order valence-corrected chi connectivity index (χ2v) is 9.02. The third kappa shape index (κ3) is 6.11. The zero-order valence-electron chi connectivity index (χ0n) is 15.3. The van der Waals surface area contributed by atoms with Crippen molar-refractivity contribution >= 4 is 15.7 Å². The molecule has 8 heteroatoms. The van der Waals surface area contributed by atoms with Gasteiger partial charge in [-0.05, 0) is 40.0 Å². The number of likely N-dealkylation sites (tertiary alicyclic amines) is 1. The Bertz CT molecular complexity index is 661. The Morgan fingerprint density at radius 1 is 1.36 bits per heavy atom. The van der Waals surface area contributed by atoms with Crippen molar-refractivity contribution in [2.45, 2.75) is 64.3 Å². The van der Waals surface area contributed by atoms with Gasteiger partial charge in [0.05, 0.1) is 11.4 Å². The molecule has 1 aromatic heterocycles. The molecule has 2 rings (SSSR count). The largest absolute Gasteiger partial charge is 0.448 e. The van der Waals surface area contributed by atoms with Crippen LogP contribution in [0.5, 0.6) is 0 Å². The van der Waals surface area contributed by atoms with Gasteiger partial charge in [0.25, 0.3) is 0 Å². The molecule has 1 aromatic rings. The summed E-state index contributed by atoms with van der Waals surface area (Å²) >= 11 is 0. The van der Waals surface area contributed by atoms with E-state index in [4.69, 9.17) is 4.42 Å². The second kappa shape index (κ2) is 8.80. The van der Waals surface area contributed by atoms with Crippen LogP contribution in [0.3, 0.4) is 0 Å². The van der Waals surface area contributed by atoms with Gasteiger partial charge in [-0.15, -0.1) is 0 Å². The SMILES string of the molecule is Cc1ocnc1CS(=O)(=O)CC(=O)NCCCN1C(C)CCCC1C. The van der Waals surface area contributed by atoms with Crippen molar-refractivity contribution in [3.63, 3.8) is 0 Å². The number of hydrogen-bond acceptors (Lipinski definition) is 6. The Labute approximate surface area is 150 Å². The van der Waals surface area contributed by atoms with E-state index in [0.717, 1.165) is 13.0 Å². The van der Waals surface area contributed by atoms with Gasteiger partial charge in [-0.25, -0.2) is 13.4 Å². The summed E-state index contributed by atoms with van der Waals surface area (Å²) in [6.45, 7) is 7.56. The van der Waals surface area contributed by atoms with Crippen LogP contribution in [0, 0.1) is 6.92 Å². The van der Waals surface area contributed by atoms with Gasteiger partial charge in [0.2, 0.25) is 5.91 Å². The number of rotatable bonds is 8. The molecule has 142 valence electrons. The maximum atomic E-state index is 12.1. The molecule has 1 fully saturated rings. The van der Waals surface area contributed by atoms with Gasteiger partial charge in [-0.3, -0.25) is 9.69 Å². The molecule has 2 atom stereocenters. The molecule has 1 N–H and O–H groups in total. The molecule has 0 aliphatic carbocycles. The van der Waals surface area contributed by atoms with E-state index in [1.807, 2.05) is 0 Å². The molecule has 0 radical (unpaired) electrons. The highest BCUT2D eigenvalue weighted by Crippen LogP contribution is 2.22. The number of carbonyl (C=O) groups is 1. The van der Waals surface area contributed by atoms with E-state index in [9.17, 15) is 13.2 Å². The predicted octanol–water partition coefficient (Wildman–Crippen LogP) is 1.67. The number of carbonyl (C=O) groups excluding carboxylic acids is 1. The lowest BCUT2D eigenvalue weighted by Gasteiger charge is -2.39. The average Bonchev–Trinajstić information content (AvgIpc) is 2.90. The molecule has 0 aromatic carbocycles. The summed E-state index contributed by atoms with van der Waals surface area (Å²) in [5, 5.41) is 2.71. The Balaban J connectivity index is 1.70. The minimum atomic E-state index is -3.55. The zero-order valence-corrected chi connectivity index (χ0v) is 16.1. The summed E-state index contributed by atoms with van der Waals surface area (Å²) in [5.41, 5.74) is 0.362. The highest BCUT2D eigenvalue weighted by atomic mass is 32.2. The molecule has 1 amide bonds. The summed E-state index contributed by atoms with van der Waals surface area (Å²) in [5.74, 6) is -0.781. The lowest BCUT2D eigenvalue weighted by molar-refractivity contribution is -0.118. The minimum Gasteiger partial charge on any atom is -0.448 e. The van der Waals surface area contributed by atoms with Crippen molar-refractivity contribution in [3.05, 3.63) is 17.8 Å². The Kier molecular flexibility index (Phi) is 7.01. The number of oxazole rings is 1. The van der Waals surface area contributed by atoms with Crippen LogP contribution >= 0.6 is 0 Å². The van der Waals surface area contributed by atoms with Crippen LogP contribution in [0.25, 0.3) is 0 Å². The highest BCUT2D eigenvalue weighted by Gasteiger charge is 2.24. The Hall–Kier alpha value is -1.41. The maximum absolute atomic E-state index is 12.1.